The molecule has 0 atom stereocenters. The SMILES string of the molecule is Cc1ccc(Cl)cc1N(C)C(=O)CN. The number of nitrogens with two attached hydrogens (primary N) is 1. The van der Waals surface area contributed by atoms with Gasteiger partial charge in [0, 0.05) is 17.8 Å². The largest absolute Gasteiger partial charge is 0.322 e. The van der Waals surface area contributed by atoms with E-state index in [1.807, 2.05) is 13.0 Å². The second-order valence-corrected chi connectivity index (χ2v) is 3.52. The van der Waals surface area contributed by atoms with E-state index in [2.05, 4.69) is 0 Å². The van der Waals surface area contributed by atoms with Gasteiger partial charge in [0.2, 0.25) is 5.91 Å². The third kappa shape index (κ3) is 2.25. The molecule has 4 heteroatoms. The van der Waals surface area contributed by atoms with E-state index in [0.717, 1.165) is 11.3 Å². The molecule has 0 aromatic heterocycles. The number of rotatable bonds is 2. The van der Waals surface area contributed by atoms with Crippen LogP contribution in [0.1, 0.15) is 5.56 Å². The summed E-state index contributed by atoms with van der Waals surface area (Å²) in [7, 11) is 1.69. The zero-order chi connectivity index (χ0) is 10.7. The van der Waals surface area contributed by atoms with Gasteiger partial charge in [0.25, 0.3) is 0 Å². The minimum atomic E-state index is -0.129. The van der Waals surface area contributed by atoms with E-state index in [9.17, 15) is 4.79 Å². The first-order valence-corrected chi connectivity index (χ1v) is 4.67. The molecule has 0 aliphatic carbocycles. The molecule has 0 unspecified atom stereocenters. The first-order valence-electron chi connectivity index (χ1n) is 4.29. The second-order valence-electron chi connectivity index (χ2n) is 3.09. The number of hydrogen-bond acceptors (Lipinski definition) is 2. The molecule has 0 aliphatic rings. The fraction of sp³-hybridized carbons (Fsp3) is 0.300. The Kier molecular flexibility index (Phi) is 3.49. The number of likely N-dealkylation sites (N-methyl/N-ethyl adjacent to an activating group) is 1. The van der Waals surface area contributed by atoms with Crippen molar-refractivity contribution in [2.24, 2.45) is 5.73 Å². The molecule has 0 spiro atoms. The fourth-order valence-corrected chi connectivity index (χ4v) is 1.38. The van der Waals surface area contributed by atoms with Crippen molar-refractivity contribution < 1.29 is 4.79 Å². The van der Waals surface area contributed by atoms with Gasteiger partial charge in [-0.15, -0.1) is 0 Å². The highest BCUT2D eigenvalue weighted by molar-refractivity contribution is 6.31. The zero-order valence-electron chi connectivity index (χ0n) is 8.25. The van der Waals surface area contributed by atoms with Gasteiger partial charge in [0.05, 0.1) is 6.54 Å². The molecule has 3 nitrogen and oxygen atoms in total. The summed E-state index contributed by atoms with van der Waals surface area (Å²) in [6.07, 6.45) is 0. The molecular weight excluding hydrogens is 200 g/mol. The Morgan fingerprint density at radius 1 is 1.57 bits per heavy atom. The normalized spacial score (nSPS) is 10.0. The van der Waals surface area contributed by atoms with Gasteiger partial charge < -0.3 is 10.6 Å². The average Bonchev–Trinajstić information content (AvgIpc) is 2.19. The third-order valence-corrected chi connectivity index (χ3v) is 2.32. The lowest BCUT2D eigenvalue weighted by Crippen LogP contribution is -2.32. The Morgan fingerprint density at radius 2 is 2.21 bits per heavy atom. The molecule has 0 heterocycles. The van der Waals surface area contributed by atoms with Crippen LogP contribution in [0.2, 0.25) is 5.02 Å². The van der Waals surface area contributed by atoms with Crippen LogP contribution in [-0.2, 0) is 4.79 Å². The smallest absolute Gasteiger partial charge is 0.240 e. The molecule has 0 aliphatic heterocycles. The van der Waals surface area contributed by atoms with Crippen LogP contribution < -0.4 is 10.6 Å². The lowest BCUT2D eigenvalue weighted by Gasteiger charge is -2.18. The van der Waals surface area contributed by atoms with E-state index in [1.165, 1.54) is 4.90 Å². The molecule has 76 valence electrons. The minimum absolute atomic E-state index is 0.00243. The van der Waals surface area contributed by atoms with E-state index < -0.39 is 0 Å². The van der Waals surface area contributed by atoms with Gasteiger partial charge in [-0.2, -0.15) is 0 Å². The Bertz CT molecular complexity index is 352. The van der Waals surface area contributed by atoms with Crippen molar-refractivity contribution in [3.05, 3.63) is 28.8 Å². The quantitative estimate of drug-likeness (QED) is 0.809. The fourth-order valence-electron chi connectivity index (χ4n) is 1.22. The van der Waals surface area contributed by atoms with E-state index in [4.69, 9.17) is 17.3 Å². The van der Waals surface area contributed by atoms with Crippen LogP contribution in [0.15, 0.2) is 18.2 Å². The first-order chi connectivity index (χ1) is 6.56. The average molecular weight is 213 g/mol. The molecule has 0 saturated carbocycles. The molecular formula is C10H13ClN2O. The Hall–Kier alpha value is -1.06. The molecule has 1 aromatic carbocycles. The van der Waals surface area contributed by atoms with Crippen molar-refractivity contribution >= 4 is 23.2 Å². The van der Waals surface area contributed by atoms with Crippen LogP contribution in [-0.4, -0.2) is 19.5 Å². The van der Waals surface area contributed by atoms with E-state index in [0.29, 0.717) is 5.02 Å². The Labute approximate surface area is 88.5 Å². The number of nitrogens with zero attached hydrogens (tertiary/aromatic N) is 1. The maximum absolute atomic E-state index is 11.3. The molecule has 14 heavy (non-hydrogen) atoms. The number of anilines is 1. The molecule has 1 rings (SSSR count). The Morgan fingerprint density at radius 3 is 2.79 bits per heavy atom. The number of halogens is 1. The van der Waals surface area contributed by atoms with Crippen molar-refractivity contribution in [1.82, 2.24) is 0 Å². The zero-order valence-corrected chi connectivity index (χ0v) is 9.01. The predicted molar refractivity (Wildman–Crippen MR) is 58.7 cm³/mol. The number of benzene rings is 1. The molecule has 2 N–H and O–H groups in total. The molecule has 1 amide bonds. The monoisotopic (exact) mass is 212 g/mol. The lowest BCUT2D eigenvalue weighted by atomic mass is 10.2. The molecule has 0 radical (unpaired) electrons. The highest BCUT2D eigenvalue weighted by atomic mass is 35.5. The number of amides is 1. The van der Waals surface area contributed by atoms with E-state index in [1.54, 1.807) is 19.2 Å². The molecule has 1 aromatic rings. The van der Waals surface area contributed by atoms with Crippen LogP contribution in [0.4, 0.5) is 5.69 Å². The second kappa shape index (κ2) is 4.44. The highest BCUT2D eigenvalue weighted by Gasteiger charge is 2.11. The molecule has 0 fully saturated rings. The van der Waals surface area contributed by atoms with Crippen LogP contribution in [0, 0.1) is 6.92 Å². The van der Waals surface area contributed by atoms with Crippen LogP contribution >= 0.6 is 11.6 Å². The maximum Gasteiger partial charge on any atom is 0.240 e. The van der Waals surface area contributed by atoms with Crippen molar-refractivity contribution in [1.29, 1.82) is 0 Å². The Balaban J connectivity index is 3.05. The standard InChI is InChI=1S/C10H13ClN2O/c1-7-3-4-8(11)5-9(7)13(2)10(14)6-12/h3-5H,6,12H2,1-2H3. The first kappa shape index (κ1) is 11.0. The summed E-state index contributed by atoms with van der Waals surface area (Å²) < 4.78 is 0. The van der Waals surface area contributed by atoms with Crippen LogP contribution in [0.3, 0.4) is 0 Å². The van der Waals surface area contributed by atoms with Crippen molar-refractivity contribution in [3.8, 4) is 0 Å². The van der Waals surface area contributed by atoms with E-state index in [-0.39, 0.29) is 12.5 Å². The van der Waals surface area contributed by atoms with Gasteiger partial charge in [0.1, 0.15) is 0 Å². The predicted octanol–water partition coefficient (Wildman–Crippen LogP) is 1.57. The maximum atomic E-state index is 11.3. The molecule has 0 bridgehead atoms. The number of aryl methyl sites for hydroxylation is 1. The minimum Gasteiger partial charge on any atom is -0.322 e. The van der Waals surface area contributed by atoms with Gasteiger partial charge in [-0.1, -0.05) is 17.7 Å². The summed E-state index contributed by atoms with van der Waals surface area (Å²) in [4.78, 5) is 12.8. The van der Waals surface area contributed by atoms with E-state index >= 15 is 0 Å². The van der Waals surface area contributed by atoms with Crippen molar-refractivity contribution in [3.63, 3.8) is 0 Å². The molecule has 0 saturated heterocycles. The van der Waals surface area contributed by atoms with Gasteiger partial charge in [0.15, 0.2) is 0 Å². The van der Waals surface area contributed by atoms with Crippen molar-refractivity contribution in [2.75, 3.05) is 18.5 Å². The van der Waals surface area contributed by atoms with Gasteiger partial charge in [-0.05, 0) is 24.6 Å². The summed E-state index contributed by atoms with van der Waals surface area (Å²) in [6, 6.07) is 5.42. The van der Waals surface area contributed by atoms with Gasteiger partial charge in [-0.3, -0.25) is 4.79 Å². The summed E-state index contributed by atoms with van der Waals surface area (Å²) in [5.41, 5.74) is 7.07. The highest BCUT2D eigenvalue weighted by Crippen LogP contribution is 2.23. The summed E-state index contributed by atoms with van der Waals surface area (Å²) in [6.45, 7) is 1.93. The van der Waals surface area contributed by atoms with Crippen LogP contribution in [0.25, 0.3) is 0 Å². The van der Waals surface area contributed by atoms with Crippen molar-refractivity contribution in [2.45, 2.75) is 6.92 Å². The van der Waals surface area contributed by atoms with Crippen LogP contribution in [0.5, 0.6) is 0 Å². The summed E-state index contributed by atoms with van der Waals surface area (Å²) >= 11 is 5.84. The number of carbonyl (C=O) groups is 1. The number of carbonyl (C=O) groups excluding carboxylic acids is 1. The summed E-state index contributed by atoms with van der Waals surface area (Å²) in [5, 5.41) is 0.613. The third-order valence-electron chi connectivity index (χ3n) is 2.08. The number of hydrogen-bond donors (Lipinski definition) is 1. The summed E-state index contributed by atoms with van der Waals surface area (Å²) in [5.74, 6) is -0.129. The van der Waals surface area contributed by atoms with Gasteiger partial charge in [-0.25, -0.2) is 0 Å². The van der Waals surface area contributed by atoms with Gasteiger partial charge >= 0.3 is 0 Å². The topological polar surface area (TPSA) is 46.3 Å². The lowest BCUT2D eigenvalue weighted by molar-refractivity contribution is -0.117.